The molecule has 0 unspecified atom stereocenters. The highest BCUT2D eigenvalue weighted by Crippen LogP contribution is 2.40. The van der Waals surface area contributed by atoms with Crippen LogP contribution in [0.4, 0.5) is 34.4 Å². The molecule has 7 nitrogen and oxygen atoms in total. The molecule has 5 rings (SSSR count). The van der Waals surface area contributed by atoms with Gasteiger partial charge in [0.05, 0.1) is 22.1 Å². The number of nitrogens with zero attached hydrogens (tertiary/aromatic N) is 2. The van der Waals surface area contributed by atoms with Gasteiger partial charge in [-0.25, -0.2) is 9.97 Å². The summed E-state index contributed by atoms with van der Waals surface area (Å²) >= 11 is 19.6. The molecular weight excluding hydrogens is 555 g/mol. The lowest BCUT2D eigenvalue weighted by Gasteiger charge is -2.17. The van der Waals surface area contributed by atoms with Gasteiger partial charge in [-0.15, -0.1) is 0 Å². The maximum Gasteiger partial charge on any atom is 0.196 e. The van der Waals surface area contributed by atoms with Gasteiger partial charge in [-0.2, -0.15) is 0 Å². The number of nitrogens with two attached hydrogens (primary N) is 2. The van der Waals surface area contributed by atoms with Crippen molar-refractivity contribution in [2.75, 3.05) is 22.1 Å². The van der Waals surface area contributed by atoms with Crippen LogP contribution in [-0.4, -0.2) is 15.8 Å². The number of hydrogen-bond acceptors (Lipinski definition) is 7. The van der Waals surface area contributed by atoms with Crippen LogP contribution in [0.15, 0.2) is 91.3 Å². The van der Waals surface area contributed by atoms with E-state index in [4.69, 9.17) is 46.3 Å². The normalized spacial score (nSPS) is 10.7. The molecule has 2 aromatic heterocycles. The predicted octanol–water partition coefficient (Wildman–Crippen LogP) is 7.99. The smallest absolute Gasteiger partial charge is 0.196 e. The van der Waals surface area contributed by atoms with Crippen molar-refractivity contribution in [3.63, 3.8) is 0 Å². The van der Waals surface area contributed by atoms with Crippen LogP contribution in [0, 0.1) is 0 Å². The van der Waals surface area contributed by atoms with Crippen molar-refractivity contribution in [3.8, 4) is 11.1 Å². The summed E-state index contributed by atoms with van der Waals surface area (Å²) in [6.45, 7) is 0. The third-order valence-electron chi connectivity index (χ3n) is 5.93. The fourth-order valence-corrected chi connectivity index (χ4v) is 4.68. The van der Waals surface area contributed by atoms with Crippen LogP contribution in [-0.2, 0) is 0 Å². The summed E-state index contributed by atoms with van der Waals surface area (Å²) in [6, 6.07) is 22.4. The average molecular weight is 576 g/mol. The number of rotatable bonds is 7. The fourth-order valence-electron chi connectivity index (χ4n) is 4.02. The van der Waals surface area contributed by atoms with Gasteiger partial charge in [0.1, 0.15) is 0 Å². The van der Waals surface area contributed by atoms with Crippen molar-refractivity contribution in [2.24, 2.45) is 0 Å². The second kappa shape index (κ2) is 11.2. The highest BCUT2D eigenvalue weighted by molar-refractivity contribution is 6.38. The second-order valence-corrected chi connectivity index (χ2v) is 9.76. The van der Waals surface area contributed by atoms with Crippen LogP contribution < -0.4 is 22.1 Å². The lowest BCUT2D eigenvalue weighted by molar-refractivity contribution is 0.103. The van der Waals surface area contributed by atoms with E-state index in [1.165, 1.54) is 0 Å². The summed E-state index contributed by atoms with van der Waals surface area (Å²) < 4.78 is 0. The van der Waals surface area contributed by atoms with Crippen LogP contribution in [0.25, 0.3) is 11.1 Å². The predicted molar refractivity (Wildman–Crippen MR) is 161 cm³/mol. The molecule has 0 atom stereocenters. The van der Waals surface area contributed by atoms with Gasteiger partial charge in [-0.3, -0.25) is 4.79 Å². The van der Waals surface area contributed by atoms with Gasteiger partial charge in [0, 0.05) is 50.4 Å². The molecule has 5 aromatic rings. The van der Waals surface area contributed by atoms with Crippen LogP contribution in [0.2, 0.25) is 15.1 Å². The Balaban J connectivity index is 1.57. The summed E-state index contributed by atoms with van der Waals surface area (Å²) in [6.07, 6.45) is 3.24. The number of carbonyl (C=O) groups excluding carboxylic acids is 1. The molecule has 0 spiro atoms. The molecule has 0 amide bonds. The summed E-state index contributed by atoms with van der Waals surface area (Å²) in [5, 5.41) is 7.49. The van der Waals surface area contributed by atoms with Crippen molar-refractivity contribution in [1.29, 1.82) is 0 Å². The minimum atomic E-state index is -0.341. The summed E-state index contributed by atoms with van der Waals surface area (Å²) in [5.74, 6) is 0.553. The van der Waals surface area contributed by atoms with E-state index in [-0.39, 0.29) is 16.4 Å². The van der Waals surface area contributed by atoms with E-state index in [0.717, 1.165) is 0 Å². The van der Waals surface area contributed by atoms with E-state index in [1.807, 2.05) is 6.07 Å². The molecular formula is C29H21Cl3N6O. The zero-order valence-electron chi connectivity index (χ0n) is 20.3. The van der Waals surface area contributed by atoms with Gasteiger partial charge in [0.25, 0.3) is 0 Å². The third-order valence-corrected chi connectivity index (χ3v) is 6.80. The lowest BCUT2D eigenvalue weighted by atomic mass is 9.96. The molecule has 0 radical (unpaired) electrons. The summed E-state index contributed by atoms with van der Waals surface area (Å²) in [4.78, 5) is 22.4. The molecule has 194 valence electrons. The number of carbonyl (C=O) groups is 1. The molecule has 0 bridgehead atoms. The zero-order chi connectivity index (χ0) is 27.5. The Labute approximate surface area is 239 Å². The molecule has 0 fully saturated rings. The molecule has 2 heterocycles. The molecule has 0 aliphatic carbocycles. The average Bonchev–Trinajstić information content (AvgIpc) is 2.93. The number of anilines is 6. The highest BCUT2D eigenvalue weighted by atomic mass is 35.5. The zero-order valence-corrected chi connectivity index (χ0v) is 22.5. The fraction of sp³-hybridized carbons (Fsp3) is 0. The topological polar surface area (TPSA) is 119 Å². The largest absolute Gasteiger partial charge is 0.396 e. The molecule has 39 heavy (non-hydrogen) atoms. The summed E-state index contributed by atoms with van der Waals surface area (Å²) in [5.41, 5.74) is 16.0. The van der Waals surface area contributed by atoms with Crippen molar-refractivity contribution in [2.45, 2.75) is 0 Å². The van der Waals surface area contributed by atoms with Gasteiger partial charge >= 0.3 is 0 Å². The first kappa shape index (κ1) is 26.3. The number of nitrogen functional groups attached to an aromatic ring is 2. The van der Waals surface area contributed by atoms with E-state index < -0.39 is 0 Å². The van der Waals surface area contributed by atoms with E-state index in [9.17, 15) is 4.79 Å². The van der Waals surface area contributed by atoms with E-state index in [0.29, 0.717) is 61.1 Å². The second-order valence-electron chi connectivity index (χ2n) is 8.51. The number of hydrogen-bond donors (Lipinski definition) is 4. The van der Waals surface area contributed by atoms with Crippen LogP contribution >= 0.6 is 34.8 Å². The molecule has 3 aromatic carbocycles. The Morgan fingerprint density at radius 3 is 1.87 bits per heavy atom. The number of ketones is 1. The SMILES string of the molecule is Nc1cccnc1Nc1ccc(Cl)cc1C(=O)c1cccc(-c2cc(Cl)ccc2Nc2ncccc2N)c1Cl. The maximum absolute atomic E-state index is 13.9. The Kier molecular flexibility index (Phi) is 7.56. The minimum absolute atomic E-state index is 0.241. The van der Waals surface area contributed by atoms with Gasteiger partial charge in [-0.1, -0.05) is 46.9 Å². The number of pyridine rings is 2. The molecule has 0 aliphatic rings. The van der Waals surface area contributed by atoms with E-state index in [2.05, 4.69) is 20.6 Å². The van der Waals surface area contributed by atoms with E-state index in [1.54, 1.807) is 85.2 Å². The number of nitrogens with one attached hydrogen (secondary N) is 2. The first-order chi connectivity index (χ1) is 18.8. The van der Waals surface area contributed by atoms with Crippen molar-refractivity contribution in [1.82, 2.24) is 9.97 Å². The molecule has 0 aliphatic heterocycles. The lowest BCUT2D eigenvalue weighted by Crippen LogP contribution is -2.08. The first-order valence-corrected chi connectivity index (χ1v) is 12.8. The molecule has 10 heteroatoms. The Morgan fingerprint density at radius 2 is 1.23 bits per heavy atom. The van der Waals surface area contributed by atoms with Crippen LogP contribution in [0.3, 0.4) is 0 Å². The Hall–Kier alpha value is -4.30. The minimum Gasteiger partial charge on any atom is -0.396 e. The summed E-state index contributed by atoms with van der Waals surface area (Å²) in [7, 11) is 0. The Morgan fingerprint density at radius 1 is 0.641 bits per heavy atom. The molecule has 6 N–H and O–H groups in total. The van der Waals surface area contributed by atoms with Crippen molar-refractivity contribution < 1.29 is 4.79 Å². The maximum atomic E-state index is 13.9. The van der Waals surface area contributed by atoms with Gasteiger partial charge in [-0.05, 0) is 66.7 Å². The van der Waals surface area contributed by atoms with Crippen LogP contribution in [0.5, 0.6) is 0 Å². The number of benzene rings is 3. The van der Waals surface area contributed by atoms with Gasteiger partial charge in [0.15, 0.2) is 17.4 Å². The first-order valence-electron chi connectivity index (χ1n) is 11.7. The van der Waals surface area contributed by atoms with Crippen molar-refractivity contribution in [3.05, 3.63) is 117 Å². The standard InChI is InChI=1S/C29H21Cl3N6O/c30-16-8-10-24(37-28-22(33)6-2-12-35-28)20(14-16)18-4-1-5-19(26(18)32)27(39)21-15-17(31)9-11-25(21)38-29-23(34)7-3-13-36-29/h1-15H,33-34H2,(H,35,37)(H,36,38). The quantitative estimate of drug-likeness (QED) is 0.145. The molecule has 0 saturated carbocycles. The van der Waals surface area contributed by atoms with Crippen molar-refractivity contribution >= 4 is 75.0 Å². The van der Waals surface area contributed by atoms with Crippen LogP contribution in [0.1, 0.15) is 15.9 Å². The monoisotopic (exact) mass is 574 g/mol. The third kappa shape index (κ3) is 5.61. The highest BCUT2D eigenvalue weighted by Gasteiger charge is 2.21. The number of aromatic nitrogens is 2. The van der Waals surface area contributed by atoms with E-state index >= 15 is 0 Å². The number of halogens is 3. The molecule has 0 saturated heterocycles. The van der Waals surface area contributed by atoms with Gasteiger partial charge in [0.2, 0.25) is 0 Å². The Bertz CT molecular complexity index is 1710. The van der Waals surface area contributed by atoms with Gasteiger partial charge < -0.3 is 22.1 Å².